The molecule has 1 amide bonds. The number of benzene rings is 2. The molecule has 0 saturated heterocycles. The van der Waals surface area contributed by atoms with Gasteiger partial charge in [-0.1, -0.05) is 36.0 Å². The first-order valence-corrected chi connectivity index (χ1v) is 10.4. The molecule has 1 atom stereocenters. The molecule has 1 N–H and O–H groups in total. The number of carbonyl (C=O) groups is 1. The van der Waals surface area contributed by atoms with E-state index in [0.717, 1.165) is 30.4 Å². The number of nitrogens with one attached hydrogen (secondary N) is 1. The highest BCUT2D eigenvalue weighted by atomic mass is 32.2. The Morgan fingerprint density at radius 3 is 2.69 bits per heavy atom. The van der Waals surface area contributed by atoms with Crippen molar-refractivity contribution in [3.63, 3.8) is 0 Å². The fraction of sp³-hybridized carbons (Fsp3) is 0.286. The van der Waals surface area contributed by atoms with Crippen molar-refractivity contribution in [2.75, 3.05) is 5.75 Å². The molecular weight excluding hydrogens is 394 g/mol. The van der Waals surface area contributed by atoms with Gasteiger partial charge in [-0.15, -0.1) is 5.10 Å². The molecule has 1 unspecified atom stereocenters. The fourth-order valence-electron chi connectivity index (χ4n) is 3.07. The van der Waals surface area contributed by atoms with Gasteiger partial charge in [0, 0.05) is 17.5 Å². The minimum Gasteiger partial charge on any atom is -0.349 e. The summed E-state index contributed by atoms with van der Waals surface area (Å²) in [4.78, 5) is 16.9. The van der Waals surface area contributed by atoms with Gasteiger partial charge in [-0.3, -0.25) is 4.79 Å². The van der Waals surface area contributed by atoms with Crippen LogP contribution >= 0.6 is 11.8 Å². The zero-order chi connectivity index (χ0) is 20.4. The molecule has 29 heavy (non-hydrogen) atoms. The van der Waals surface area contributed by atoms with Gasteiger partial charge < -0.3 is 5.32 Å². The number of rotatable bonds is 7. The lowest BCUT2D eigenvalue weighted by Gasteiger charge is -2.14. The molecule has 2 aromatic carbocycles. The van der Waals surface area contributed by atoms with E-state index in [1.165, 1.54) is 23.9 Å². The van der Waals surface area contributed by atoms with Crippen LogP contribution in [0.25, 0.3) is 5.69 Å². The van der Waals surface area contributed by atoms with Crippen LogP contribution in [-0.2, 0) is 4.79 Å². The molecule has 5 nitrogen and oxygen atoms in total. The van der Waals surface area contributed by atoms with Crippen molar-refractivity contribution in [1.82, 2.24) is 20.1 Å². The van der Waals surface area contributed by atoms with E-state index in [1.807, 2.05) is 35.0 Å². The van der Waals surface area contributed by atoms with Crippen molar-refractivity contribution in [2.45, 2.75) is 36.9 Å². The molecule has 1 aliphatic rings. The largest absolute Gasteiger partial charge is 0.349 e. The molecule has 8 heteroatoms. The predicted molar refractivity (Wildman–Crippen MR) is 107 cm³/mol. The molecule has 1 aromatic heterocycles. The summed E-state index contributed by atoms with van der Waals surface area (Å²) in [6, 6.07) is 12.5. The lowest BCUT2D eigenvalue weighted by Crippen LogP contribution is -2.28. The number of amides is 1. The predicted octanol–water partition coefficient (Wildman–Crippen LogP) is 4.39. The second-order valence-electron chi connectivity index (χ2n) is 7.02. The number of hydrogen-bond acceptors (Lipinski definition) is 4. The van der Waals surface area contributed by atoms with Gasteiger partial charge in [0.05, 0.1) is 17.5 Å². The highest BCUT2D eigenvalue weighted by Gasteiger charge is 2.30. The Kier molecular flexibility index (Phi) is 5.62. The molecule has 150 valence electrons. The lowest BCUT2D eigenvalue weighted by molar-refractivity contribution is -0.119. The number of hydrogen-bond donors (Lipinski definition) is 1. The normalized spacial score (nSPS) is 14.6. The van der Waals surface area contributed by atoms with E-state index in [0.29, 0.717) is 11.1 Å². The Hall–Kier alpha value is -2.74. The molecule has 3 aromatic rings. The summed E-state index contributed by atoms with van der Waals surface area (Å²) in [6.07, 6.45) is 2.19. The summed E-state index contributed by atoms with van der Waals surface area (Å²) < 4.78 is 28.8. The van der Waals surface area contributed by atoms with Gasteiger partial charge in [0.25, 0.3) is 0 Å². The minimum absolute atomic E-state index is 0.107. The Labute approximate surface area is 171 Å². The third-order valence-electron chi connectivity index (χ3n) is 4.69. The van der Waals surface area contributed by atoms with Gasteiger partial charge in [0.15, 0.2) is 0 Å². The molecule has 1 aliphatic carbocycles. The topological polar surface area (TPSA) is 59.8 Å². The number of carbonyl (C=O) groups excluding carboxylic acids is 1. The first-order chi connectivity index (χ1) is 14.0. The van der Waals surface area contributed by atoms with Crippen LogP contribution in [-0.4, -0.2) is 26.4 Å². The van der Waals surface area contributed by atoms with E-state index >= 15 is 0 Å². The quantitative estimate of drug-likeness (QED) is 0.583. The van der Waals surface area contributed by atoms with Crippen molar-refractivity contribution >= 4 is 17.7 Å². The van der Waals surface area contributed by atoms with Crippen molar-refractivity contribution in [3.8, 4) is 5.69 Å². The SMILES string of the molecule is CC(NC(=O)CSc1nc(C2CC2)n(-c2ccccc2)n1)c1ccc(F)cc1F. The molecule has 1 saturated carbocycles. The maximum Gasteiger partial charge on any atom is 0.230 e. The van der Waals surface area contributed by atoms with Crippen molar-refractivity contribution in [2.24, 2.45) is 0 Å². The Balaban J connectivity index is 1.40. The standard InChI is InChI=1S/C21H20F2N4OS/c1-13(17-10-9-15(22)11-18(17)23)24-19(28)12-29-21-25-20(14-7-8-14)27(26-21)16-5-3-2-4-6-16/h2-6,9-11,13-14H,7-8,12H2,1H3,(H,24,28). The summed E-state index contributed by atoms with van der Waals surface area (Å²) in [7, 11) is 0. The van der Waals surface area contributed by atoms with Crippen LogP contribution in [0.2, 0.25) is 0 Å². The van der Waals surface area contributed by atoms with Crippen LogP contribution in [0, 0.1) is 11.6 Å². The van der Waals surface area contributed by atoms with Crippen molar-refractivity contribution in [1.29, 1.82) is 0 Å². The third-order valence-corrected chi connectivity index (χ3v) is 5.53. The number of para-hydroxylation sites is 1. The van der Waals surface area contributed by atoms with Crippen LogP contribution < -0.4 is 5.32 Å². The van der Waals surface area contributed by atoms with Crippen LogP contribution in [0.3, 0.4) is 0 Å². The first kappa shape index (κ1) is 19.6. The van der Waals surface area contributed by atoms with Gasteiger partial charge in [-0.05, 0) is 38.0 Å². The van der Waals surface area contributed by atoms with Crippen LogP contribution in [0.5, 0.6) is 0 Å². The van der Waals surface area contributed by atoms with E-state index in [1.54, 1.807) is 6.92 Å². The van der Waals surface area contributed by atoms with Gasteiger partial charge in [-0.2, -0.15) is 0 Å². The van der Waals surface area contributed by atoms with Gasteiger partial charge in [-0.25, -0.2) is 18.4 Å². The molecule has 0 spiro atoms. The van der Waals surface area contributed by atoms with E-state index < -0.39 is 17.7 Å². The summed E-state index contributed by atoms with van der Waals surface area (Å²) in [5.74, 6) is -0.158. The second kappa shape index (κ2) is 8.32. The van der Waals surface area contributed by atoms with Crippen LogP contribution in [0.15, 0.2) is 53.7 Å². The van der Waals surface area contributed by atoms with E-state index in [-0.39, 0.29) is 17.2 Å². The van der Waals surface area contributed by atoms with E-state index in [2.05, 4.69) is 15.4 Å². The maximum absolute atomic E-state index is 13.9. The van der Waals surface area contributed by atoms with Crippen LogP contribution in [0.1, 0.15) is 43.1 Å². The number of aromatic nitrogens is 3. The van der Waals surface area contributed by atoms with E-state index in [4.69, 9.17) is 0 Å². The van der Waals surface area contributed by atoms with Crippen molar-refractivity contribution in [3.05, 3.63) is 71.6 Å². The smallest absolute Gasteiger partial charge is 0.230 e. The second-order valence-corrected chi connectivity index (χ2v) is 7.96. The minimum atomic E-state index is -0.678. The lowest BCUT2D eigenvalue weighted by atomic mass is 10.1. The number of thioether (sulfide) groups is 1. The molecule has 4 rings (SSSR count). The molecule has 0 bridgehead atoms. The average Bonchev–Trinajstić information content (AvgIpc) is 3.46. The Morgan fingerprint density at radius 2 is 2.00 bits per heavy atom. The molecular formula is C21H20F2N4OS. The van der Waals surface area contributed by atoms with E-state index in [9.17, 15) is 13.6 Å². The summed E-state index contributed by atoms with van der Waals surface area (Å²) in [5.41, 5.74) is 1.19. The van der Waals surface area contributed by atoms with Crippen LogP contribution in [0.4, 0.5) is 8.78 Å². The number of halogens is 2. The van der Waals surface area contributed by atoms with Crippen molar-refractivity contribution < 1.29 is 13.6 Å². The Bertz CT molecular complexity index is 1020. The maximum atomic E-state index is 13.9. The monoisotopic (exact) mass is 414 g/mol. The zero-order valence-electron chi connectivity index (χ0n) is 15.8. The average molecular weight is 414 g/mol. The summed E-state index contributed by atoms with van der Waals surface area (Å²) in [6.45, 7) is 1.66. The molecule has 0 aliphatic heterocycles. The molecule has 1 heterocycles. The van der Waals surface area contributed by atoms with Gasteiger partial charge in [0.1, 0.15) is 17.5 Å². The highest BCUT2D eigenvalue weighted by Crippen LogP contribution is 2.40. The van der Waals surface area contributed by atoms with Gasteiger partial charge >= 0.3 is 0 Å². The zero-order valence-corrected chi connectivity index (χ0v) is 16.6. The molecule has 0 radical (unpaired) electrons. The number of nitrogens with zero attached hydrogens (tertiary/aromatic N) is 3. The van der Waals surface area contributed by atoms with Gasteiger partial charge in [0.2, 0.25) is 11.1 Å². The Morgan fingerprint density at radius 1 is 1.24 bits per heavy atom. The summed E-state index contributed by atoms with van der Waals surface area (Å²) in [5, 5.41) is 7.83. The highest BCUT2D eigenvalue weighted by molar-refractivity contribution is 7.99. The third kappa shape index (κ3) is 4.64. The fourth-order valence-corrected chi connectivity index (χ4v) is 3.72. The molecule has 1 fully saturated rings. The summed E-state index contributed by atoms with van der Waals surface area (Å²) >= 11 is 1.24. The first-order valence-electron chi connectivity index (χ1n) is 9.41.